The van der Waals surface area contributed by atoms with Crippen LogP contribution in [0.3, 0.4) is 0 Å². The molecule has 6 nitrogen and oxygen atoms in total. The van der Waals surface area contributed by atoms with Crippen LogP contribution in [0.1, 0.15) is 188 Å². The molecular weight excluding hydrogens is 757 g/mol. The maximum absolute atomic E-state index is 12.7. The fourth-order valence-electron chi connectivity index (χ4n) is 5.90. The van der Waals surface area contributed by atoms with Crippen LogP contribution in [-0.4, -0.2) is 37.2 Å². The number of allylic oxidation sites excluding steroid dienone is 20. The van der Waals surface area contributed by atoms with Gasteiger partial charge in [0.2, 0.25) is 0 Å². The first-order valence-electron chi connectivity index (χ1n) is 24.0. The predicted octanol–water partition coefficient (Wildman–Crippen LogP) is 15.7. The van der Waals surface area contributed by atoms with Crippen LogP contribution in [0.25, 0.3) is 0 Å². The molecular formula is C55H86O6. The Kier molecular flexibility index (Phi) is 45.1. The molecule has 0 saturated carbocycles. The minimum absolute atomic E-state index is 0.137. The summed E-state index contributed by atoms with van der Waals surface area (Å²) in [6.45, 7) is 6.24. The normalized spacial score (nSPS) is 13.2. The number of rotatable bonds is 41. The molecule has 0 aromatic heterocycles. The van der Waals surface area contributed by atoms with E-state index in [1.165, 1.54) is 38.5 Å². The van der Waals surface area contributed by atoms with Gasteiger partial charge in [-0.25, -0.2) is 0 Å². The van der Waals surface area contributed by atoms with Gasteiger partial charge in [-0.3, -0.25) is 14.4 Å². The lowest BCUT2D eigenvalue weighted by molar-refractivity contribution is -0.166. The van der Waals surface area contributed by atoms with E-state index in [1.54, 1.807) is 0 Å². The van der Waals surface area contributed by atoms with E-state index in [0.717, 1.165) is 96.3 Å². The molecule has 342 valence electrons. The van der Waals surface area contributed by atoms with Gasteiger partial charge in [0.05, 0.1) is 0 Å². The van der Waals surface area contributed by atoms with Crippen molar-refractivity contribution >= 4 is 17.9 Å². The maximum Gasteiger partial charge on any atom is 0.306 e. The van der Waals surface area contributed by atoms with Crippen LogP contribution < -0.4 is 0 Å². The molecule has 1 atom stereocenters. The molecule has 0 aliphatic carbocycles. The van der Waals surface area contributed by atoms with Gasteiger partial charge in [0.1, 0.15) is 13.2 Å². The van der Waals surface area contributed by atoms with Gasteiger partial charge in [-0.15, -0.1) is 0 Å². The summed E-state index contributed by atoms with van der Waals surface area (Å²) in [5.41, 5.74) is 0. The Morgan fingerprint density at radius 2 is 0.689 bits per heavy atom. The maximum atomic E-state index is 12.7. The molecule has 61 heavy (non-hydrogen) atoms. The SMILES string of the molecule is CC/C=C\C/C=C\C/C=C\C/C=C\C/C=C\CCCCCC(=O)OCC(COC(=O)CCC/C=C\C/C=C\C/C=C\CC)OC(=O)CC/C=C\C/C=C\CCCCCCCC. The lowest BCUT2D eigenvalue weighted by Crippen LogP contribution is -2.30. The second-order valence-corrected chi connectivity index (χ2v) is 15.2. The van der Waals surface area contributed by atoms with Crippen LogP contribution in [0, 0.1) is 0 Å². The Balaban J connectivity index is 4.56. The summed E-state index contributed by atoms with van der Waals surface area (Å²) in [4.78, 5) is 37.8. The summed E-state index contributed by atoms with van der Waals surface area (Å²) in [6.07, 6.45) is 66.3. The quantitative estimate of drug-likeness (QED) is 0.0264. The molecule has 0 heterocycles. The first-order valence-corrected chi connectivity index (χ1v) is 24.0. The fourth-order valence-corrected chi connectivity index (χ4v) is 5.90. The Hall–Kier alpha value is -4.19. The minimum Gasteiger partial charge on any atom is -0.462 e. The van der Waals surface area contributed by atoms with Gasteiger partial charge in [-0.1, -0.05) is 181 Å². The van der Waals surface area contributed by atoms with Crippen LogP contribution >= 0.6 is 0 Å². The van der Waals surface area contributed by atoms with Crippen molar-refractivity contribution in [3.8, 4) is 0 Å². The highest BCUT2D eigenvalue weighted by atomic mass is 16.6. The highest BCUT2D eigenvalue weighted by Crippen LogP contribution is 2.10. The molecule has 0 N–H and O–H groups in total. The van der Waals surface area contributed by atoms with E-state index in [4.69, 9.17) is 14.2 Å². The van der Waals surface area contributed by atoms with E-state index in [1.807, 2.05) is 6.08 Å². The topological polar surface area (TPSA) is 78.9 Å². The van der Waals surface area contributed by atoms with Gasteiger partial charge >= 0.3 is 17.9 Å². The van der Waals surface area contributed by atoms with Crippen molar-refractivity contribution in [2.45, 2.75) is 194 Å². The van der Waals surface area contributed by atoms with E-state index in [0.29, 0.717) is 19.3 Å². The Morgan fingerprint density at radius 3 is 1.13 bits per heavy atom. The van der Waals surface area contributed by atoms with E-state index in [9.17, 15) is 14.4 Å². The van der Waals surface area contributed by atoms with Gasteiger partial charge in [0.25, 0.3) is 0 Å². The summed E-state index contributed by atoms with van der Waals surface area (Å²) in [6, 6.07) is 0. The molecule has 0 aliphatic heterocycles. The summed E-state index contributed by atoms with van der Waals surface area (Å²) in [5.74, 6) is -1.10. The van der Waals surface area contributed by atoms with Gasteiger partial charge in [-0.05, 0) is 109 Å². The minimum atomic E-state index is -0.844. The van der Waals surface area contributed by atoms with Crippen molar-refractivity contribution in [3.05, 3.63) is 122 Å². The number of unbranched alkanes of at least 4 members (excludes halogenated alkanes) is 10. The molecule has 0 radical (unpaired) electrons. The fraction of sp³-hybridized carbons (Fsp3) is 0.582. The van der Waals surface area contributed by atoms with E-state index in [-0.39, 0.29) is 38.0 Å². The van der Waals surface area contributed by atoms with Crippen molar-refractivity contribution in [1.29, 1.82) is 0 Å². The van der Waals surface area contributed by atoms with Crippen LogP contribution in [0.5, 0.6) is 0 Å². The zero-order valence-electron chi connectivity index (χ0n) is 38.9. The van der Waals surface area contributed by atoms with Crippen LogP contribution in [0.2, 0.25) is 0 Å². The average molecular weight is 843 g/mol. The molecule has 1 unspecified atom stereocenters. The molecule has 0 amide bonds. The van der Waals surface area contributed by atoms with Gasteiger partial charge in [0, 0.05) is 19.3 Å². The Bertz CT molecular complexity index is 1340. The molecule has 0 bridgehead atoms. The summed E-state index contributed by atoms with van der Waals surface area (Å²) in [5, 5.41) is 0. The second kappa shape index (κ2) is 48.5. The van der Waals surface area contributed by atoms with E-state index >= 15 is 0 Å². The molecule has 0 fully saturated rings. The molecule has 0 spiro atoms. The number of ether oxygens (including phenoxy) is 3. The van der Waals surface area contributed by atoms with Crippen molar-refractivity contribution in [3.63, 3.8) is 0 Å². The molecule has 0 aromatic carbocycles. The summed E-state index contributed by atoms with van der Waals surface area (Å²) < 4.78 is 16.6. The van der Waals surface area contributed by atoms with Gasteiger partial charge in [-0.2, -0.15) is 0 Å². The molecule has 0 aliphatic rings. The predicted molar refractivity (Wildman–Crippen MR) is 260 cm³/mol. The van der Waals surface area contributed by atoms with Crippen molar-refractivity contribution in [2.75, 3.05) is 13.2 Å². The molecule has 0 saturated heterocycles. The summed E-state index contributed by atoms with van der Waals surface area (Å²) >= 11 is 0. The summed E-state index contributed by atoms with van der Waals surface area (Å²) in [7, 11) is 0. The third-order valence-corrected chi connectivity index (χ3v) is 9.44. The monoisotopic (exact) mass is 843 g/mol. The Morgan fingerprint density at radius 1 is 0.344 bits per heavy atom. The van der Waals surface area contributed by atoms with Crippen LogP contribution in [-0.2, 0) is 28.6 Å². The van der Waals surface area contributed by atoms with Crippen molar-refractivity contribution in [1.82, 2.24) is 0 Å². The molecule has 0 rings (SSSR count). The first-order chi connectivity index (χ1) is 30.0. The molecule has 0 aromatic rings. The number of hydrogen-bond acceptors (Lipinski definition) is 6. The number of carbonyl (C=O) groups is 3. The van der Waals surface area contributed by atoms with Crippen molar-refractivity contribution < 1.29 is 28.6 Å². The smallest absolute Gasteiger partial charge is 0.306 e. The van der Waals surface area contributed by atoms with Crippen LogP contribution in [0.4, 0.5) is 0 Å². The Labute approximate surface area is 373 Å². The molecule has 6 heteroatoms. The number of carbonyl (C=O) groups excluding carboxylic acids is 3. The standard InChI is InChI=1S/C55H86O6/c1-4-7-10-13-16-19-22-24-25-26-27-28-29-31-33-36-39-42-45-48-54(57)60-51-52(50-59-53(56)47-44-41-38-35-32-21-18-15-12-9-6-3)61-55(58)49-46-43-40-37-34-30-23-20-17-14-11-8-5-2/h7,9-10,12,16,18-19,21,24-25,27-28,30-31,33-35,38,40,43,52H,4-6,8,11,13-15,17,20,22-23,26,29,32,36-37,39,41-42,44-51H2,1-3H3/b10-7-,12-9-,19-16-,21-18-,25-24-,28-27-,33-31-,34-30-,38-35-,43-40-. The highest BCUT2D eigenvalue weighted by molar-refractivity contribution is 5.71. The van der Waals surface area contributed by atoms with E-state index < -0.39 is 12.1 Å². The number of hydrogen-bond donors (Lipinski definition) is 0. The van der Waals surface area contributed by atoms with E-state index in [2.05, 4.69) is 136 Å². The third-order valence-electron chi connectivity index (χ3n) is 9.44. The zero-order valence-corrected chi connectivity index (χ0v) is 38.9. The van der Waals surface area contributed by atoms with Gasteiger partial charge in [0.15, 0.2) is 6.10 Å². The second-order valence-electron chi connectivity index (χ2n) is 15.2. The van der Waals surface area contributed by atoms with Crippen LogP contribution in [0.15, 0.2) is 122 Å². The van der Waals surface area contributed by atoms with Crippen molar-refractivity contribution in [2.24, 2.45) is 0 Å². The number of esters is 3. The highest BCUT2D eigenvalue weighted by Gasteiger charge is 2.19. The third kappa shape index (κ3) is 46.7. The average Bonchev–Trinajstić information content (AvgIpc) is 3.26. The van der Waals surface area contributed by atoms with Gasteiger partial charge < -0.3 is 14.2 Å². The zero-order chi connectivity index (χ0) is 44.4. The lowest BCUT2D eigenvalue weighted by atomic mass is 10.1. The largest absolute Gasteiger partial charge is 0.462 e. The first kappa shape index (κ1) is 56.8. The lowest BCUT2D eigenvalue weighted by Gasteiger charge is -2.18.